The Morgan fingerprint density at radius 2 is 1.94 bits per heavy atom. The molecule has 0 saturated carbocycles. The molecule has 0 amide bonds. The molecule has 0 unspecified atom stereocenters. The Hall–Kier alpha value is -1.64. The summed E-state index contributed by atoms with van der Waals surface area (Å²) >= 11 is 0. The molecule has 1 aromatic carbocycles. The lowest BCUT2D eigenvalue weighted by atomic mass is 10.1. The monoisotopic (exact) mass is 234 g/mol. The van der Waals surface area contributed by atoms with Crippen LogP contribution in [0, 0.1) is 0 Å². The number of hydrogen-bond acceptors (Lipinski definition) is 3. The van der Waals surface area contributed by atoms with E-state index >= 15 is 0 Å². The van der Waals surface area contributed by atoms with Gasteiger partial charge in [-0.3, -0.25) is 9.59 Å². The molecule has 0 radical (unpaired) electrons. The Balaban J connectivity index is 2.21. The lowest BCUT2D eigenvalue weighted by molar-refractivity contribution is -0.143. The highest BCUT2D eigenvalue weighted by atomic mass is 16.5. The van der Waals surface area contributed by atoms with Gasteiger partial charge in [-0.15, -0.1) is 0 Å². The molecule has 17 heavy (non-hydrogen) atoms. The smallest absolute Gasteiger partial charge is 0.305 e. The van der Waals surface area contributed by atoms with Gasteiger partial charge in [0, 0.05) is 12.0 Å². The van der Waals surface area contributed by atoms with Crippen molar-refractivity contribution in [2.75, 3.05) is 6.61 Å². The average Bonchev–Trinajstić information content (AvgIpc) is 2.36. The third-order valence-electron chi connectivity index (χ3n) is 2.52. The van der Waals surface area contributed by atoms with Gasteiger partial charge in [-0.05, 0) is 31.7 Å². The SMILES string of the molecule is CCOC(=O)CCCCc1ccc(C=O)cc1. The number of esters is 1. The van der Waals surface area contributed by atoms with E-state index in [9.17, 15) is 9.59 Å². The molecule has 3 nitrogen and oxygen atoms in total. The number of carbonyl (C=O) groups is 2. The van der Waals surface area contributed by atoms with Crippen LogP contribution in [0.4, 0.5) is 0 Å². The fraction of sp³-hybridized carbons (Fsp3) is 0.429. The lowest BCUT2D eigenvalue weighted by Crippen LogP contribution is -2.03. The van der Waals surface area contributed by atoms with Crippen LogP contribution in [-0.2, 0) is 16.0 Å². The van der Waals surface area contributed by atoms with E-state index in [1.54, 1.807) is 0 Å². The van der Waals surface area contributed by atoms with Crippen molar-refractivity contribution in [1.82, 2.24) is 0 Å². The van der Waals surface area contributed by atoms with Gasteiger partial charge in [-0.1, -0.05) is 24.3 Å². The molecule has 0 N–H and O–H groups in total. The average molecular weight is 234 g/mol. The van der Waals surface area contributed by atoms with Gasteiger partial charge in [-0.25, -0.2) is 0 Å². The summed E-state index contributed by atoms with van der Waals surface area (Å²) in [5, 5.41) is 0. The number of aryl methyl sites for hydroxylation is 1. The zero-order chi connectivity index (χ0) is 12.5. The normalized spacial score (nSPS) is 9.94. The first-order valence-electron chi connectivity index (χ1n) is 5.96. The van der Waals surface area contributed by atoms with Crippen molar-refractivity contribution in [2.24, 2.45) is 0 Å². The van der Waals surface area contributed by atoms with Crippen LogP contribution in [0.2, 0.25) is 0 Å². The number of unbranched alkanes of at least 4 members (excludes halogenated alkanes) is 1. The summed E-state index contributed by atoms with van der Waals surface area (Å²) in [6.07, 6.45) is 4.05. The van der Waals surface area contributed by atoms with Crippen molar-refractivity contribution in [2.45, 2.75) is 32.6 Å². The first-order valence-corrected chi connectivity index (χ1v) is 5.96. The van der Waals surface area contributed by atoms with Crippen LogP contribution in [0.15, 0.2) is 24.3 Å². The number of hydrogen-bond donors (Lipinski definition) is 0. The molecular formula is C14H18O3. The molecule has 0 bridgehead atoms. The van der Waals surface area contributed by atoms with Crippen LogP contribution in [0.25, 0.3) is 0 Å². The molecule has 0 heterocycles. The molecule has 0 aromatic heterocycles. The Bertz CT molecular complexity index is 354. The molecule has 92 valence electrons. The molecule has 0 aliphatic carbocycles. The number of rotatable bonds is 7. The summed E-state index contributed by atoms with van der Waals surface area (Å²) < 4.78 is 4.85. The van der Waals surface area contributed by atoms with Gasteiger partial charge in [0.05, 0.1) is 6.61 Å². The van der Waals surface area contributed by atoms with E-state index in [4.69, 9.17) is 4.74 Å². The first kappa shape index (κ1) is 13.4. The van der Waals surface area contributed by atoms with E-state index in [0.29, 0.717) is 18.6 Å². The highest BCUT2D eigenvalue weighted by Crippen LogP contribution is 2.08. The maximum Gasteiger partial charge on any atom is 0.305 e. The number of ether oxygens (including phenoxy) is 1. The fourth-order valence-corrected chi connectivity index (χ4v) is 1.59. The maximum atomic E-state index is 11.1. The fourth-order valence-electron chi connectivity index (χ4n) is 1.59. The Kier molecular flexibility index (Phi) is 6.00. The molecular weight excluding hydrogens is 216 g/mol. The van der Waals surface area contributed by atoms with E-state index in [-0.39, 0.29) is 5.97 Å². The quantitative estimate of drug-likeness (QED) is 0.414. The van der Waals surface area contributed by atoms with E-state index < -0.39 is 0 Å². The second-order valence-corrected chi connectivity index (χ2v) is 3.87. The van der Waals surface area contributed by atoms with E-state index in [1.165, 1.54) is 5.56 Å². The zero-order valence-electron chi connectivity index (χ0n) is 10.1. The van der Waals surface area contributed by atoms with E-state index in [1.807, 2.05) is 31.2 Å². The van der Waals surface area contributed by atoms with E-state index in [0.717, 1.165) is 25.5 Å². The summed E-state index contributed by atoms with van der Waals surface area (Å²) in [5.74, 6) is -0.121. The highest BCUT2D eigenvalue weighted by molar-refractivity contribution is 5.74. The zero-order valence-corrected chi connectivity index (χ0v) is 10.1. The summed E-state index contributed by atoms with van der Waals surface area (Å²) in [6.45, 7) is 2.26. The van der Waals surface area contributed by atoms with Gasteiger partial charge < -0.3 is 4.74 Å². The van der Waals surface area contributed by atoms with Crippen molar-refractivity contribution >= 4 is 12.3 Å². The molecule has 0 aliphatic heterocycles. The standard InChI is InChI=1S/C14H18O3/c1-2-17-14(16)6-4-3-5-12-7-9-13(11-15)10-8-12/h7-11H,2-6H2,1H3. The molecule has 0 spiro atoms. The minimum atomic E-state index is -0.121. The largest absolute Gasteiger partial charge is 0.466 e. The molecule has 0 atom stereocenters. The van der Waals surface area contributed by atoms with Crippen molar-refractivity contribution in [3.63, 3.8) is 0 Å². The van der Waals surface area contributed by atoms with Crippen molar-refractivity contribution < 1.29 is 14.3 Å². The second kappa shape index (κ2) is 7.60. The van der Waals surface area contributed by atoms with Crippen molar-refractivity contribution in [3.05, 3.63) is 35.4 Å². The van der Waals surface area contributed by atoms with Crippen LogP contribution >= 0.6 is 0 Å². The summed E-state index contributed by atoms with van der Waals surface area (Å²) in [4.78, 5) is 21.5. The third kappa shape index (κ3) is 5.29. The van der Waals surface area contributed by atoms with Crippen molar-refractivity contribution in [1.29, 1.82) is 0 Å². The van der Waals surface area contributed by atoms with Gasteiger partial charge in [0.25, 0.3) is 0 Å². The first-order chi connectivity index (χ1) is 8.26. The number of carbonyl (C=O) groups excluding carboxylic acids is 2. The molecule has 0 aliphatic rings. The second-order valence-electron chi connectivity index (χ2n) is 3.87. The van der Waals surface area contributed by atoms with Gasteiger partial charge in [0.2, 0.25) is 0 Å². The Morgan fingerprint density at radius 1 is 1.24 bits per heavy atom. The summed E-state index contributed by atoms with van der Waals surface area (Å²) in [6, 6.07) is 7.53. The van der Waals surface area contributed by atoms with Crippen LogP contribution in [0.5, 0.6) is 0 Å². The summed E-state index contributed by atoms with van der Waals surface area (Å²) in [5.41, 5.74) is 1.89. The van der Waals surface area contributed by atoms with Gasteiger partial charge >= 0.3 is 5.97 Å². The third-order valence-corrected chi connectivity index (χ3v) is 2.52. The molecule has 0 fully saturated rings. The predicted octanol–water partition coefficient (Wildman–Crippen LogP) is 2.78. The molecule has 0 saturated heterocycles. The Morgan fingerprint density at radius 3 is 2.53 bits per heavy atom. The lowest BCUT2D eigenvalue weighted by Gasteiger charge is -2.02. The van der Waals surface area contributed by atoms with Crippen LogP contribution in [0.1, 0.15) is 42.1 Å². The topological polar surface area (TPSA) is 43.4 Å². The van der Waals surface area contributed by atoms with Gasteiger partial charge in [0.1, 0.15) is 6.29 Å². The highest BCUT2D eigenvalue weighted by Gasteiger charge is 2.01. The predicted molar refractivity (Wildman–Crippen MR) is 66.0 cm³/mol. The summed E-state index contributed by atoms with van der Waals surface area (Å²) in [7, 11) is 0. The minimum Gasteiger partial charge on any atom is -0.466 e. The molecule has 1 aromatic rings. The minimum absolute atomic E-state index is 0.121. The van der Waals surface area contributed by atoms with Crippen molar-refractivity contribution in [3.8, 4) is 0 Å². The van der Waals surface area contributed by atoms with Crippen LogP contribution in [-0.4, -0.2) is 18.9 Å². The molecule has 1 rings (SSSR count). The van der Waals surface area contributed by atoms with Gasteiger partial charge in [-0.2, -0.15) is 0 Å². The van der Waals surface area contributed by atoms with Crippen LogP contribution in [0.3, 0.4) is 0 Å². The van der Waals surface area contributed by atoms with E-state index in [2.05, 4.69) is 0 Å². The van der Waals surface area contributed by atoms with Gasteiger partial charge in [0.15, 0.2) is 0 Å². The maximum absolute atomic E-state index is 11.1. The Labute approximate surface area is 102 Å². The van der Waals surface area contributed by atoms with Crippen LogP contribution < -0.4 is 0 Å². The number of benzene rings is 1. The molecule has 3 heteroatoms. The number of aldehydes is 1.